The number of carbonyl (C=O) groups is 1. The Morgan fingerprint density at radius 1 is 1.27 bits per heavy atom. The summed E-state index contributed by atoms with van der Waals surface area (Å²) in [4.78, 5) is 12.0. The molecule has 2 aromatic carbocycles. The molecule has 0 aromatic heterocycles. The lowest BCUT2D eigenvalue weighted by Gasteiger charge is -2.17. The zero-order valence-electron chi connectivity index (χ0n) is 14.2. The van der Waals surface area contributed by atoms with Crippen LogP contribution in [0, 0.1) is 11.3 Å². The van der Waals surface area contributed by atoms with Gasteiger partial charge >= 0.3 is 5.97 Å². The maximum Gasteiger partial charge on any atom is 0.338 e. The Morgan fingerprint density at radius 2 is 2.12 bits per heavy atom. The number of nitrogens with zero attached hydrogens (tertiary/aromatic N) is 1. The van der Waals surface area contributed by atoms with Crippen molar-refractivity contribution in [3.05, 3.63) is 70.8 Å². The van der Waals surface area contributed by atoms with E-state index in [2.05, 4.69) is 28.8 Å². The van der Waals surface area contributed by atoms with Gasteiger partial charge in [0.15, 0.2) is 5.11 Å². The number of benzene rings is 2. The quantitative estimate of drug-likeness (QED) is 0.482. The zero-order valence-corrected chi connectivity index (χ0v) is 15.0. The first-order valence-corrected chi connectivity index (χ1v) is 8.87. The summed E-state index contributed by atoms with van der Waals surface area (Å²) >= 11 is 5.33. The summed E-state index contributed by atoms with van der Waals surface area (Å²) in [5.41, 5.74) is 3.45. The van der Waals surface area contributed by atoms with E-state index >= 15 is 0 Å². The Kier molecular flexibility index (Phi) is 5.82. The van der Waals surface area contributed by atoms with Crippen LogP contribution in [-0.2, 0) is 11.2 Å². The van der Waals surface area contributed by atoms with Crippen LogP contribution in [0.2, 0.25) is 0 Å². The molecule has 26 heavy (non-hydrogen) atoms. The molecule has 0 radical (unpaired) electrons. The number of nitriles is 1. The second kappa shape index (κ2) is 8.45. The third kappa shape index (κ3) is 4.38. The summed E-state index contributed by atoms with van der Waals surface area (Å²) in [6.07, 6.45) is 2.07. The van der Waals surface area contributed by atoms with Crippen LogP contribution in [0.4, 0.5) is 0 Å². The number of ether oxygens (including phenoxy) is 1. The van der Waals surface area contributed by atoms with Gasteiger partial charge < -0.3 is 15.4 Å². The SMILES string of the molecule is N#Cc1cccc(C(=O)OCCNC(=S)N[C@H]2CCc3ccccc32)c1. The maximum atomic E-state index is 12.0. The van der Waals surface area contributed by atoms with Crippen LogP contribution in [0.25, 0.3) is 0 Å². The van der Waals surface area contributed by atoms with Gasteiger partial charge in [0.1, 0.15) is 6.61 Å². The minimum atomic E-state index is -0.451. The largest absolute Gasteiger partial charge is 0.460 e. The lowest BCUT2D eigenvalue weighted by atomic mass is 10.1. The Morgan fingerprint density at radius 3 is 2.96 bits per heavy atom. The van der Waals surface area contributed by atoms with Crippen LogP contribution in [0.1, 0.15) is 39.5 Å². The van der Waals surface area contributed by atoms with E-state index in [-0.39, 0.29) is 12.6 Å². The van der Waals surface area contributed by atoms with Crippen molar-refractivity contribution in [3.8, 4) is 6.07 Å². The highest BCUT2D eigenvalue weighted by Crippen LogP contribution is 2.30. The van der Waals surface area contributed by atoms with Gasteiger partial charge in [0.25, 0.3) is 0 Å². The van der Waals surface area contributed by atoms with Crippen molar-refractivity contribution in [2.45, 2.75) is 18.9 Å². The highest BCUT2D eigenvalue weighted by molar-refractivity contribution is 7.80. The molecule has 0 fully saturated rings. The van der Waals surface area contributed by atoms with Gasteiger partial charge in [-0.05, 0) is 54.4 Å². The third-order valence-corrected chi connectivity index (χ3v) is 4.55. The van der Waals surface area contributed by atoms with Crippen molar-refractivity contribution in [2.24, 2.45) is 0 Å². The van der Waals surface area contributed by atoms with Gasteiger partial charge in [-0.15, -0.1) is 0 Å². The first kappa shape index (κ1) is 17.9. The molecule has 1 aliphatic rings. The van der Waals surface area contributed by atoms with Crippen LogP contribution in [-0.4, -0.2) is 24.2 Å². The number of thiocarbonyl (C=S) groups is 1. The van der Waals surface area contributed by atoms with E-state index in [0.29, 0.717) is 22.8 Å². The highest BCUT2D eigenvalue weighted by atomic mass is 32.1. The van der Waals surface area contributed by atoms with Gasteiger partial charge in [-0.1, -0.05) is 30.3 Å². The molecule has 132 valence electrons. The first-order valence-electron chi connectivity index (χ1n) is 8.47. The van der Waals surface area contributed by atoms with E-state index in [1.807, 2.05) is 12.1 Å². The molecule has 0 unspecified atom stereocenters. The normalized spacial score (nSPS) is 14.8. The fraction of sp³-hybridized carbons (Fsp3) is 0.250. The summed E-state index contributed by atoms with van der Waals surface area (Å²) in [7, 11) is 0. The molecule has 1 atom stereocenters. The number of aryl methyl sites for hydroxylation is 1. The van der Waals surface area contributed by atoms with Gasteiger partial charge in [0.05, 0.1) is 29.8 Å². The van der Waals surface area contributed by atoms with E-state index in [1.165, 1.54) is 17.2 Å². The van der Waals surface area contributed by atoms with Crippen LogP contribution in [0.15, 0.2) is 48.5 Å². The van der Waals surface area contributed by atoms with Gasteiger partial charge in [-0.3, -0.25) is 0 Å². The van der Waals surface area contributed by atoms with Gasteiger partial charge in [-0.2, -0.15) is 5.26 Å². The summed E-state index contributed by atoms with van der Waals surface area (Å²) in [5.74, 6) is -0.451. The second-order valence-corrected chi connectivity index (χ2v) is 6.43. The predicted molar refractivity (Wildman–Crippen MR) is 103 cm³/mol. The Bertz CT molecular complexity index is 860. The number of hydrogen-bond donors (Lipinski definition) is 2. The molecule has 2 N–H and O–H groups in total. The number of rotatable bonds is 5. The standard InChI is InChI=1S/C20H19N3O2S/c21-13-14-4-3-6-16(12-14)19(24)25-11-10-22-20(26)23-18-9-8-15-5-1-2-7-17(15)18/h1-7,12,18H,8-11H2,(H2,22,23,26)/t18-/m0/s1. The van der Waals surface area contributed by atoms with Crippen LogP contribution in [0.3, 0.4) is 0 Å². The second-order valence-electron chi connectivity index (χ2n) is 6.02. The van der Waals surface area contributed by atoms with Crippen LogP contribution < -0.4 is 10.6 Å². The number of hydrogen-bond acceptors (Lipinski definition) is 4. The van der Waals surface area contributed by atoms with Crippen molar-refractivity contribution >= 4 is 23.3 Å². The van der Waals surface area contributed by atoms with E-state index in [1.54, 1.807) is 18.2 Å². The summed E-state index contributed by atoms with van der Waals surface area (Å²) in [6.45, 7) is 0.614. The maximum absolute atomic E-state index is 12.0. The van der Waals surface area contributed by atoms with Gasteiger partial charge in [0, 0.05) is 0 Å². The molecule has 0 amide bonds. The lowest BCUT2D eigenvalue weighted by molar-refractivity contribution is 0.0512. The van der Waals surface area contributed by atoms with E-state index in [9.17, 15) is 4.79 Å². The van der Waals surface area contributed by atoms with E-state index in [0.717, 1.165) is 12.8 Å². The molecule has 5 nitrogen and oxygen atoms in total. The third-order valence-electron chi connectivity index (χ3n) is 4.29. The fourth-order valence-corrected chi connectivity index (χ4v) is 3.27. The molecule has 0 spiro atoms. The van der Waals surface area contributed by atoms with E-state index in [4.69, 9.17) is 22.2 Å². The van der Waals surface area contributed by atoms with Crippen molar-refractivity contribution in [3.63, 3.8) is 0 Å². The van der Waals surface area contributed by atoms with Crippen LogP contribution >= 0.6 is 12.2 Å². The predicted octanol–water partition coefficient (Wildman–Crippen LogP) is 2.87. The fourth-order valence-electron chi connectivity index (χ4n) is 3.02. The number of carbonyl (C=O) groups excluding carboxylic acids is 1. The number of esters is 1. The number of fused-ring (bicyclic) bond motifs is 1. The Labute approximate surface area is 158 Å². The molecule has 2 aromatic rings. The Hall–Kier alpha value is -2.91. The highest BCUT2D eigenvalue weighted by Gasteiger charge is 2.22. The van der Waals surface area contributed by atoms with Crippen molar-refractivity contribution < 1.29 is 9.53 Å². The van der Waals surface area contributed by atoms with Crippen molar-refractivity contribution in [2.75, 3.05) is 13.2 Å². The Balaban J connectivity index is 1.40. The summed E-state index contributed by atoms with van der Waals surface area (Å²) < 4.78 is 5.21. The monoisotopic (exact) mass is 365 g/mol. The minimum Gasteiger partial charge on any atom is -0.460 e. The first-order chi connectivity index (χ1) is 12.7. The molecule has 6 heteroatoms. The average molecular weight is 365 g/mol. The van der Waals surface area contributed by atoms with Gasteiger partial charge in [0.2, 0.25) is 0 Å². The lowest BCUT2D eigenvalue weighted by Crippen LogP contribution is -2.38. The topological polar surface area (TPSA) is 74.2 Å². The van der Waals surface area contributed by atoms with Crippen LogP contribution in [0.5, 0.6) is 0 Å². The molecule has 1 aliphatic carbocycles. The summed E-state index contributed by atoms with van der Waals surface area (Å²) in [6, 6.07) is 17.0. The van der Waals surface area contributed by atoms with Gasteiger partial charge in [-0.25, -0.2) is 4.79 Å². The molecule has 3 rings (SSSR count). The van der Waals surface area contributed by atoms with Crippen molar-refractivity contribution in [1.82, 2.24) is 10.6 Å². The van der Waals surface area contributed by atoms with Crippen molar-refractivity contribution in [1.29, 1.82) is 5.26 Å². The number of nitrogens with one attached hydrogen (secondary N) is 2. The molecular formula is C20H19N3O2S. The van der Waals surface area contributed by atoms with E-state index < -0.39 is 5.97 Å². The molecule has 0 heterocycles. The smallest absolute Gasteiger partial charge is 0.338 e. The molecule has 0 bridgehead atoms. The molecule has 0 saturated carbocycles. The molecule has 0 saturated heterocycles. The molecule has 0 aliphatic heterocycles. The molecular weight excluding hydrogens is 346 g/mol. The zero-order chi connectivity index (χ0) is 18.4. The minimum absolute atomic E-state index is 0.193. The average Bonchev–Trinajstić information content (AvgIpc) is 3.08. The summed E-state index contributed by atoms with van der Waals surface area (Å²) in [5, 5.41) is 15.8.